The zero-order valence-corrected chi connectivity index (χ0v) is 5.53. The molecule has 0 aliphatic carbocycles. The number of hydrogen-bond acceptors (Lipinski definition) is 3. The molecule has 0 atom stereocenters. The van der Waals surface area contributed by atoms with E-state index in [-0.39, 0.29) is 6.54 Å². The molecule has 0 fully saturated rings. The van der Waals surface area contributed by atoms with Crippen LogP contribution in [0.4, 0.5) is 0 Å². The first-order chi connectivity index (χ1) is 4.22. The van der Waals surface area contributed by atoms with Gasteiger partial charge in [0.15, 0.2) is 0 Å². The van der Waals surface area contributed by atoms with E-state index in [9.17, 15) is 4.79 Å². The smallest absolute Gasteiger partial charge is 0.287 e. The Morgan fingerprint density at radius 1 is 1.89 bits per heavy atom. The lowest BCUT2D eigenvalue weighted by Gasteiger charge is -2.06. The third kappa shape index (κ3) is 2.81. The van der Waals surface area contributed by atoms with E-state index in [1.165, 1.54) is 7.05 Å². The summed E-state index contributed by atoms with van der Waals surface area (Å²) in [5, 5.41) is 9.24. The van der Waals surface area contributed by atoms with Crippen LogP contribution in [0.3, 0.4) is 0 Å². The first-order valence-electron chi connectivity index (χ1n) is 2.65. The number of nitrogens with zero attached hydrogens (tertiary/aromatic N) is 2. The summed E-state index contributed by atoms with van der Waals surface area (Å²) in [5.74, 6) is -0.486. The van der Waals surface area contributed by atoms with Gasteiger partial charge in [-0.05, 0) is 6.92 Å². The SMILES string of the molecule is CCN(O)C(=O)C=NC. The summed E-state index contributed by atoms with van der Waals surface area (Å²) >= 11 is 0. The highest BCUT2D eigenvalue weighted by molar-refractivity contribution is 6.25. The largest absolute Gasteiger partial charge is 0.291 e. The molecule has 0 saturated carbocycles. The van der Waals surface area contributed by atoms with Gasteiger partial charge in [0.2, 0.25) is 0 Å². The zero-order valence-electron chi connectivity index (χ0n) is 5.53. The van der Waals surface area contributed by atoms with Crippen molar-refractivity contribution in [3.8, 4) is 0 Å². The Hall–Kier alpha value is -0.900. The monoisotopic (exact) mass is 130 g/mol. The summed E-state index contributed by atoms with van der Waals surface area (Å²) in [4.78, 5) is 13.9. The second kappa shape index (κ2) is 4.03. The molecule has 0 aromatic carbocycles. The van der Waals surface area contributed by atoms with Crippen LogP contribution in [0.2, 0.25) is 0 Å². The van der Waals surface area contributed by atoms with Gasteiger partial charge in [0.25, 0.3) is 5.91 Å². The molecule has 0 radical (unpaired) electrons. The summed E-state index contributed by atoms with van der Waals surface area (Å²) in [7, 11) is 1.47. The molecule has 0 heterocycles. The fourth-order valence-electron chi connectivity index (χ4n) is 0.333. The maximum Gasteiger partial charge on any atom is 0.287 e. The van der Waals surface area contributed by atoms with Gasteiger partial charge >= 0.3 is 0 Å². The molecule has 4 heteroatoms. The number of aliphatic imine (C=N–C) groups is 1. The Morgan fingerprint density at radius 3 is 2.78 bits per heavy atom. The van der Waals surface area contributed by atoms with Crippen molar-refractivity contribution in [1.29, 1.82) is 0 Å². The van der Waals surface area contributed by atoms with Crippen LogP contribution >= 0.6 is 0 Å². The van der Waals surface area contributed by atoms with Gasteiger partial charge in [-0.3, -0.25) is 15.0 Å². The molecule has 0 aromatic rings. The Morgan fingerprint density at radius 2 is 2.44 bits per heavy atom. The Bertz CT molecular complexity index is 122. The zero-order chi connectivity index (χ0) is 7.28. The number of hydrogen-bond donors (Lipinski definition) is 1. The third-order valence-corrected chi connectivity index (χ3v) is 0.793. The normalized spacial score (nSPS) is 10.1. The van der Waals surface area contributed by atoms with Crippen LogP contribution in [0.5, 0.6) is 0 Å². The minimum absolute atomic E-state index is 0.283. The second-order valence-electron chi connectivity index (χ2n) is 1.44. The van der Waals surface area contributed by atoms with Crippen LogP contribution in [0.25, 0.3) is 0 Å². The van der Waals surface area contributed by atoms with Crippen LogP contribution in [-0.4, -0.2) is 36.0 Å². The lowest BCUT2D eigenvalue weighted by molar-refractivity contribution is -0.155. The van der Waals surface area contributed by atoms with Gasteiger partial charge in [0.05, 0.1) is 6.21 Å². The molecule has 1 amide bonds. The quantitative estimate of drug-likeness (QED) is 0.323. The number of rotatable bonds is 2. The molecule has 0 rings (SSSR count). The minimum Gasteiger partial charge on any atom is -0.291 e. The van der Waals surface area contributed by atoms with E-state index in [4.69, 9.17) is 5.21 Å². The molecule has 0 spiro atoms. The van der Waals surface area contributed by atoms with Crippen LogP contribution in [0.1, 0.15) is 6.92 Å². The molecule has 1 N–H and O–H groups in total. The average molecular weight is 130 g/mol. The highest BCUT2D eigenvalue weighted by Crippen LogP contribution is 1.77. The first-order valence-corrected chi connectivity index (χ1v) is 2.65. The van der Waals surface area contributed by atoms with Gasteiger partial charge in [-0.25, -0.2) is 5.06 Å². The van der Waals surface area contributed by atoms with Gasteiger partial charge in [0, 0.05) is 13.6 Å². The summed E-state index contributed by atoms with van der Waals surface area (Å²) < 4.78 is 0. The summed E-state index contributed by atoms with van der Waals surface area (Å²) in [6.07, 6.45) is 1.06. The fraction of sp³-hybridized carbons (Fsp3) is 0.600. The molecular formula is C5H10N2O2. The maximum atomic E-state index is 10.5. The average Bonchev–Trinajstić information content (AvgIpc) is 1.87. The highest BCUT2D eigenvalue weighted by Gasteiger charge is 2.01. The van der Waals surface area contributed by atoms with Crippen molar-refractivity contribution in [3.63, 3.8) is 0 Å². The minimum atomic E-state index is -0.486. The predicted octanol–water partition coefficient (Wildman–Crippen LogP) is -0.0753. The van der Waals surface area contributed by atoms with Gasteiger partial charge < -0.3 is 0 Å². The van der Waals surface area contributed by atoms with Gasteiger partial charge in [0.1, 0.15) is 0 Å². The van der Waals surface area contributed by atoms with Crippen molar-refractivity contribution >= 4 is 12.1 Å². The molecule has 4 nitrogen and oxygen atoms in total. The number of amides is 1. The topological polar surface area (TPSA) is 52.9 Å². The van der Waals surface area contributed by atoms with Crippen LogP contribution in [0, 0.1) is 0 Å². The summed E-state index contributed by atoms with van der Waals surface area (Å²) in [5.41, 5.74) is 0. The van der Waals surface area contributed by atoms with E-state index in [1.807, 2.05) is 0 Å². The van der Waals surface area contributed by atoms with Crippen molar-refractivity contribution in [1.82, 2.24) is 5.06 Å². The Kier molecular flexibility index (Phi) is 3.62. The van der Waals surface area contributed by atoms with E-state index in [1.54, 1.807) is 6.92 Å². The van der Waals surface area contributed by atoms with E-state index in [0.29, 0.717) is 5.06 Å². The standard InChI is InChI=1S/C5H10N2O2/c1-3-7(9)5(8)4-6-2/h4,9H,3H2,1-2H3. The van der Waals surface area contributed by atoms with Crippen molar-refractivity contribution in [3.05, 3.63) is 0 Å². The lowest BCUT2D eigenvalue weighted by atomic mass is 10.6. The van der Waals surface area contributed by atoms with E-state index in [2.05, 4.69) is 4.99 Å². The van der Waals surface area contributed by atoms with Crippen molar-refractivity contribution in [2.45, 2.75) is 6.92 Å². The van der Waals surface area contributed by atoms with Crippen molar-refractivity contribution < 1.29 is 10.0 Å². The number of hydroxylamine groups is 2. The van der Waals surface area contributed by atoms with Crippen molar-refractivity contribution in [2.75, 3.05) is 13.6 Å². The fourth-order valence-corrected chi connectivity index (χ4v) is 0.333. The van der Waals surface area contributed by atoms with Crippen LogP contribution in [-0.2, 0) is 4.79 Å². The molecule has 9 heavy (non-hydrogen) atoms. The van der Waals surface area contributed by atoms with Gasteiger partial charge in [-0.2, -0.15) is 0 Å². The lowest BCUT2D eigenvalue weighted by Crippen LogP contribution is -2.27. The van der Waals surface area contributed by atoms with Gasteiger partial charge in [-0.15, -0.1) is 0 Å². The first kappa shape index (κ1) is 8.10. The Labute approximate surface area is 53.8 Å². The molecule has 0 unspecified atom stereocenters. The molecule has 52 valence electrons. The number of carbonyl (C=O) groups excluding carboxylic acids is 1. The molecule has 0 aliphatic heterocycles. The van der Waals surface area contributed by atoms with Crippen molar-refractivity contribution in [2.24, 2.45) is 4.99 Å². The summed E-state index contributed by atoms with van der Waals surface area (Å²) in [6.45, 7) is 1.95. The molecule has 0 aromatic heterocycles. The maximum absolute atomic E-state index is 10.5. The van der Waals surface area contributed by atoms with Gasteiger partial charge in [-0.1, -0.05) is 0 Å². The highest BCUT2D eigenvalue weighted by atomic mass is 16.5. The Balaban J connectivity index is 3.73. The molecular weight excluding hydrogens is 120 g/mol. The van der Waals surface area contributed by atoms with E-state index >= 15 is 0 Å². The molecule has 0 aliphatic rings. The second-order valence-corrected chi connectivity index (χ2v) is 1.44. The number of carbonyl (C=O) groups is 1. The van der Waals surface area contributed by atoms with E-state index < -0.39 is 5.91 Å². The van der Waals surface area contributed by atoms with Crippen LogP contribution < -0.4 is 0 Å². The molecule has 0 saturated heterocycles. The van der Waals surface area contributed by atoms with E-state index in [0.717, 1.165) is 6.21 Å². The predicted molar refractivity (Wildman–Crippen MR) is 33.6 cm³/mol. The third-order valence-electron chi connectivity index (χ3n) is 0.793. The van der Waals surface area contributed by atoms with Crippen LogP contribution in [0.15, 0.2) is 4.99 Å². The molecule has 0 bridgehead atoms. The summed E-state index contributed by atoms with van der Waals surface area (Å²) in [6, 6.07) is 0.